The maximum absolute atomic E-state index is 12.2. The Morgan fingerprint density at radius 1 is 1.33 bits per heavy atom. The molecule has 0 aromatic rings. The van der Waals surface area contributed by atoms with E-state index in [2.05, 4.69) is 5.32 Å². The third kappa shape index (κ3) is 5.13. The summed E-state index contributed by atoms with van der Waals surface area (Å²) in [4.78, 5) is 13.9. The van der Waals surface area contributed by atoms with Crippen LogP contribution >= 0.6 is 0 Å². The van der Waals surface area contributed by atoms with E-state index in [0.717, 1.165) is 12.8 Å². The first kappa shape index (κ1) is 18.2. The number of carbonyl (C=O) groups excluding carboxylic acids is 1. The van der Waals surface area contributed by atoms with Crippen molar-refractivity contribution < 1.29 is 19.7 Å². The summed E-state index contributed by atoms with van der Waals surface area (Å²) in [5.41, 5.74) is -1.18. The molecule has 1 aliphatic rings. The lowest BCUT2D eigenvalue weighted by molar-refractivity contribution is 0.0205. The lowest BCUT2D eigenvalue weighted by atomic mass is 9.98. The molecule has 0 aromatic carbocycles. The number of hydrogen-bond acceptors (Lipinski definition) is 5. The minimum Gasteiger partial charge on any atom is -0.444 e. The second-order valence-corrected chi connectivity index (χ2v) is 6.80. The molecule has 1 amide bonds. The third-order valence-electron chi connectivity index (χ3n) is 4.00. The van der Waals surface area contributed by atoms with E-state index in [9.17, 15) is 15.0 Å². The molecule has 1 unspecified atom stereocenters. The van der Waals surface area contributed by atoms with Gasteiger partial charge in [-0.2, -0.15) is 0 Å². The van der Waals surface area contributed by atoms with Crippen LogP contribution in [0.3, 0.4) is 0 Å². The first-order chi connectivity index (χ1) is 9.77. The van der Waals surface area contributed by atoms with Crippen LogP contribution in [-0.2, 0) is 4.74 Å². The normalized spacial score (nSPS) is 19.9. The summed E-state index contributed by atoms with van der Waals surface area (Å²) in [5, 5.41) is 22.1. The smallest absolute Gasteiger partial charge is 0.410 e. The van der Waals surface area contributed by atoms with Gasteiger partial charge in [0, 0.05) is 19.1 Å². The van der Waals surface area contributed by atoms with Gasteiger partial charge in [-0.1, -0.05) is 6.92 Å². The van der Waals surface area contributed by atoms with E-state index in [1.165, 1.54) is 0 Å². The highest BCUT2D eigenvalue weighted by molar-refractivity contribution is 5.69. The van der Waals surface area contributed by atoms with E-state index in [0.29, 0.717) is 19.5 Å². The molecule has 1 fully saturated rings. The van der Waals surface area contributed by atoms with Crippen molar-refractivity contribution in [1.29, 1.82) is 0 Å². The van der Waals surface area contributed by atoms with Gasteiger partial charge in [-0.3, -0.25) is 0 Å². The van der Waals surface area contributed by atoms with Crippen LogP contribution in [0, 0.1) is 0 Å². The van der Waals surface area contributed by atoms with Crippen molar-refractivity contribution in [2.24, 2.45) is 0 Å². The van der Waals surface area contributed by atoms with Crippen LogP contribution in [-0.4, -0.2) is 64.7 Å². The summed E-state index contributed by atoms with van der Waals surface area (Å²) in [5.74, 6) is 0. The van der Waals surface area contributed by atoms with Crippen LogP contribution in [0.1, 0.15) is 47.0 Å². The predicted molar refractivity (Wildman–Crippen MR) is 81.2 cm³/mol. The number of nitrogens with zero attached hydrogens (tertiary/aromatic N) is 1. The molecular formula is C15H30N2O4. The molecule has 1 atom stereocenters. The lowest BCUT2D eigenvalue weighted by Gasteiger charge is -2.34. The van der Waals surface area contributed by atoms with Gasteiger partial charge in [0.1, 0.15) is 5.60 Å². The molecule has 6 nitrogen and oxygen atoms in total. The van der Waals surface area contributed by atoms with Crippen LogP contribution in [0.4, 0.5) is 4.79 Å². The monoisotopic (exact) mass is 302 g/mol. The summed E-state index contributed by atoms with van der Waals surface area (Å²) >= 11 is 0. The summed E-state index contributed by atoms with van der Waals surface area (Å²) < 4.78 is 5.42. The minimum absolute atomic E-state index is 0.0453. The molecule has 124 valence electrons. The highest BCUT2D eigenvalue weighted by Crippen LogP contribution is 2.21. The Kier molecular flexibility index (Phi) is 6.43. The number of ether oxygens (including phenoxy) is 1. The molecule has 1 rings (SSSR count). The van der Waals surface area contributed by atoms with E-state index in [-0.39, 0.29) is 25.3 Å². The molecule has 3 N–H and O–H groups in total. The topological polar surface area (TPSA) is 82.0 Å². The van der Waals surface area contributed by atoms with Crippen molar-refractivity contribution in [3.05, 3.63) is 0 Å². The number of aliphatic hydroxyl groups is 2. The molecule has 1 aliphatic heterocycles. The second kappa shape index (κ2) is 7.42. The molecule has 0 bridgehead atoms. The number of amides is 1. The number of likely N-dealkylation sites (tertiary alicyclic amines) is 1. The summed E-state index contributed by atoms with van der Waals surface area (Å²) in [6, 6.07) is 0.0453. The van der Waals surface area contributed by atoms with Gasteiger partial charge in [0.05, 0.1) is 18.8 Å². The maximum atomic E-state index is 12.2. The Bertz CT molecular complexity index is 329. The first-order valence-corrected chi connectivity index (χ1v) is 7.73. The van der Waals surface area contributed by atoms with Gasteiger partial charge in [-0.15, -0.1) is 0 Å². The average Bonchev–Trinajstić information content (AvgIpc) is 2.88. The van der Waals surface area contributed by atoms with Gasteiger partial charge in [-0.05, 0) is 40.0 Å². The van der Waals surface area contributed by atoms with Crippen molar-refractivity contribution in [3.63, 3.8) is 0 Å². The van der Waals surface area contributed by atoms with Crippen LogP contribution in [0.2, 0.25) is 0 Å². The molecule has 0 aromatic heterocycles. The number of aliphatic hydroxyl groups excluding tert-OH is 2. The SMILES string of the molecule is CCC(CO)(CO)NCC1CCCN1C(=O)OC(C)(C)C. The zero-order valence-corrected chi connectivity index (χ0v) is 13.7. The molecule has 0 saturated carbocycles. The van der Waals surface area contributed by atoms with E-state index >= 15 is 0 Å². The number of rotatable bonds is 6. The van der Waals surface area contributed by atoms with Gasteiger partial charge < -0.3 is 25.2 Å². The van der Waals surface area contributed by atoms with Gasteiger partial charge in [0.25, 0.3) is 0 Å². The van der Waals surface area contributed by atoms with Crippen molar-refractivity contribution in [2.45, 2.75) is 64.1 Å². The number of carbonyl (C=O) groups is 1. The van der Waals surface area contributed by atoms with E-state index in [4.69, 9.17) is 4.74 Å². The predicted octanol–water partition coefficient (Wildman–Crippen LogP) is 1.11. The molecule has 21 heavy (non-hydrogen) atoms. The summed E-state index contributed by atoms with van der Waals surface area (Å²) in [6.07, 6.45) is 2.19. The van der Waals surface area contributed by atoms with Gasteiger partial charge in [0.2, 0.25) is 0 Å². The molecule has 6 heteroatoms. The number of hydrogen-bond donors (Lipinski definition) is 3. The Balaban J connectivity index is 2.60. The Hall–Kier alpha value is -0.850. The van der Waals surface area contributed by atoms with Gasteiger partial charge in [0.15, 0.2) is 0 Å². The third-order valence-corrected chi connectivity index (χ3v) is 4.00. The highest BCUT2D eigenvalue weighted by Gasteiger charge is 2.34. The average molecular weight is 302 g/mol. The largest absolute Gasteiger partial charge is 0.444 e. The lowest BCUT2D eigenvalue weighted by Crippen LogP contribution is -2.55. The Morgan fingerprint density at radius 2 is 1.95 bits per heavy atom. The van der Waals surface area contributed by atoms with Crippen molar-refractivity contribution in [3.8, 4) is 0 Å². The molecule has 0 aliphatic carbocycles. The summed E-state index contributed by atoms with van der Waals surface area (Å²) in [6.45, 7) is 8.47. The number of nitrogens with one attached hydrogen (secondary N) is 1. The van der Waals surface area contributed by atoms with Gasteiger partial charge >= 0.3 is 6.09 Å². The minimum atomic E-state index is -0.678. The Morgan fingerprint density at radius 3 is 2.43 bits per heavy atom. The molecule has 0 radical (unpaired) electrons. The fraction of sp³-hybridized carbons (Fsp3) is 0.933. The maximum Gasteiger partial charge on any atom is 0.410 e. The molecule has 0 spiro atoms. The zero-order chi connectivity index (χ0) is 16.1. The van der Waals surface area contributed by atoms with E-state index in [1.807, 2.05) is 27.7 Å². The van der Waals surface area contributed by atoms with E-state index < -0.39 is 11.1 Å². The van der Waals surface area contributed by atoms with Gasteiger partial charge in [-0.25, -0.2) is 4.79 Å². The van der Waals surface area contributed by atoms with Crippen LogP contribution in [0.15, 0.2) is 0 Å². The van der Waals surface area contributed by atoms with Crippen molar-refractivity contribution in [2.75, 3.05) is 26.3 Å². The highest BCUT2D eigenvalue weighted by atomic mass is 16.6. The van der Waals surface area contributed by atoms with E-state index in [1.54, 1.807) is 4.90 Å². The molecular weight excluding hydrogens is 272 g/mol. The van der Waals surface area contributed by atoms with Crippen molar-refractivity contribution >= 4 is 6.09 Å². The standard InChI is InChI=1S/C15H30N2O4/c1-5-15(10-18,11-19)16-9-12-7-6-8-17(12)13(20)21-14(2,3)4/h12,16,18-19H,5-11H2,1-4H3. The second-order valence-electron chi connectivity index (χ2n) is 6.80. The quantitative estimate of drug-likeness (QED) is 0.685. The van der Waals surface area contributed by atoms with Crippen LogP contribution < -0.4 is 5.32 Å². The van der Waals surface area contributed by atoms with Crippen LogP contribution in [0.25, 0.3) is 0 Å². The molecule has 1 heterocycles. The first-order valence-electron chi connectivity index (χ1n) is 7.73. The van der Waals surface area contributed by atoms with Crippen LogP contribution in [0.5, 0.6) is 0 Å². The fourth-order valence-electron chi connectivity index (χ4n) is 2.45. The Labute approximate surface area is 127 Å². The summed E-state index contributed by atoms with van der Waals surface area (Å²) in [7, 11) is 0. The fourth-order valence-corrected chi connectivity index (χ4v) is 2.45. The molecule has 1 saturated heterocycles. The van der Waals surface area contributed by atoms with Crippen molar-refractivity contribution in [1.82, 2.24) is 10.2 Å². The zero-order valence-electron chi connectivity index (χ0n) is 13.7.